The number of halogens is 1. The van der Waals surface area contributed by atoms with Gasteiger partial charge in [-0.3, -0.25) is 4.79 Å². The number of nitrogens with one attached hydrogen (secondary N) is 2. The highest BCUT2D eigenvalue weighted by atomic mass is 35.5. The largest absolute Gasteiger partial charge is 0.370 e. The Hall–Kier alpha value is -1.06. The minimum Gasteiger partial charge on any atom is -0.370 e. The molecule has 0 bridgehead atoms. The van der Waals surface area contributed by atoms with Gasteiger partial charge >= 0.3 is 0 Å². The highest BCUT2D eigenvalue weighted by Crippen LogP contribution is 2.43. The number of hydrogen-bond donors (Lipinski definition) is 2. The molecule has 2 aliphatic heterocycles. The van der Waals surface area contributed by atoms with Crippen molar-refractivity contribution in [2.24, 2.45) is 0 Å². The molecule has 0 aliphatic carbocycles. The first kappa shape index (κ1) is 19.7. The van der Waals surface area contributed by atoms with Crippen LogP contribution in [0.15, 0.2) is 6.07 Å². The fourth-order valence-corrected chi connectivity index (χ4v) is 5.44. The van der Waals surface area contributed by atoms with Gasteiger partial charge in [0.25, 0.3) is 5.91 Å². The number of nitrogens with zero attached hydrogens (tertiary/aromatic N) is 2. The van der Waals surface area contributed by atoms with Crippen molar-refractivity contribution < 1.29 is 9.53 Å². The van der Waals surface area contributed by atoms with Gasteiger partial charge in [-0.2, -0.15) is 0 Å². The molecule has 1 amide bonds. The first-order valence-corrected chi connectivity index (χ1v) is 10.3. The van der Waals surface area contributed by atoms with Crippen LogP contribution in [0.3, 0.4) is 0 Å². The molecule has 2 aromatic heterocycles. The van der Waals surface area contributed by atoms with Gasteiger partial charge in [-0.15, -0.1) is 45.3 Å². The summed E-state index contributed by atoms with van der Waals surface area (Å²) >= 11 is 3.20. The lowest BCUT2D eigenvalue weighted by Crippen LogP contribution is -2.44. The minimum absolute atomic E-state index is 0. The van der Waals surface area contributed by atoms with E-state index in [4.69, 9.17) is 4.74 Å². The molecule has 0 unspecified atom stereocenters. The lowest BCUT2D eigenvalue weighted by molar-refractivity contribution is -0.0792. The van der Waals surface area contributed by atoms with E-state index in [-0.39, 0.29) is 23.9 Å². The van der Waals surface area contributed by atoms with Crippen molar-refractivity contribution >= 4 is 41.0 Å². The van der Waals surface area contributed by atoms with Crippen LogP contribution in [-0.2, 0) is 23.2 Å². The number of aromatic nitrogens is 2. The van der Waals surface area contributed by atoms with E-state index in [2.05, 4.69) is 26.9 Å². The predicted molar refractivity (Wildman–Crippen MR) is 106 cm³/mol. The Kier molecular flexibility index (Phi) is 6.29. The first-order chi connectivity index (χ1) is 12.2. The van der Waals surface area contributed by atoms with Crippen molar-refractivity contribution in [2.45, 2.75) is 38.2 Å². The zero-order valence-electron chi connectivity index (χ0n) is 14.7. The van der Waals surface area contributed by atoms with Crippen LogP contribution in [-0.4, -0.2) is 42.3 Å². The fraction of sp³-hybridized carbons (Fsp3) is 0.588. The van der Waals surface area contributed by atoms with E-state index in [9.17, 15) is 4.79 Å². The Morgan fingerprint density at radius 1 is 1.35 bits per heavy atom. The molecule has 2 aliphatic rings. The van der Waals surface area contributed by atoms with Crippen LogP contribution in [0.25, 0.3) is 0 Å². The van der Waals surface area contributed by atoms with Crippen LogP contribution >= 0.6 is 35.1 Å². The summed E-state index contributed by atoms with van der Waals surface area (Å²) in [5, 5.41) is 16.4. The van der Waals surface area contributed by atoms with Crippen molar-refractivity contribution in [3.05, 3.63) is 31.4 Å². The van der Waals surface area contributed by atoms with Gasteiger partial charge in [0, 0.05) is 24.3 Å². The van der Waals surface area contributed by atoms with Gasteiger partial charge in [-0.1, -0.05) is 0 Å². The second-order valence-electron chi connectivity index (χ2n) is 6.51. The average molecular weight is 415 g/mol. The van der Waals surface area contributed by atoms with Gasteiger partial charge in [0.05, 0.1) is 17.1 Å². The number of ether oxygens (including phenoxy) is 1. The summed E-state index contributed by atoms with van der Waals surface area (Å²) in [6, 6.07) is 2.06. The maximum atomic E-state index is 12.5. The summed E-state index contributed by atoms with van der Waals surface area (Å²) < 4.78 is 6.19. The zero-order valence-corrected chi connectivity index (χ0v) is 17.1. The highest BCUT2D eigenvalue weighted by molar-refractivity contribution is 7.14. The normalized spacial score (nSPS) is 18.2. The second kappa shape index (κ2) is 8.31. The maximum Gasteiger partial charge on any atom is 0.261 e. The molecule has 26 heavy (non-hydrogen) atoms. The summed E-state index contributed by atoms with van der Waals surface area (Å²) in [5.41, 5.74) is 1.06. The Morgan fingerprint density at radius 3 is 2.88 bits per heavy atom. The van der Waals surface area contributed by atoms with E-state index in [1.807, 2.05) is 6.92 Å². The van der Waals surface area contributed by atoms with Crippen LogP contribution in [0.2, 0.25) is 0 Å². The molecule has 0 aromatic carbocycles. The summed E-state index contributed by atoms with van der Waals surface area (Å²) in [7, 11) is 0. The van der Waals surface area contributed by atoms with Crippen molar-refractivity contribution in [3.8, 4) is 0 Å². The van der Waals surface area contributed by atoms with Crippen LogP contribution in [0.4, 0.5) is 0 Å². The highest BCUT2D eigenvalue weighted by Gasteiger charge is 2.40. The van der Waals surface area contributed by atoms with Crippen LogP contribution in [0.1, 0.15) is 43.0 Å². The molecule has 9 heteroatoms. The van der Waals surface area contributed by atoms with Gasteiger partial charge in [0.15, 0.2) is 0 Å². The smallest absolute Gasteiger partial charge is 0.261 e. The molecular formula is C17H23ClN4O2S2. The Bertz CT molecular complexity index is 771. The summed E-state index contributed by atoms with van der Waals surface area (Å²) in [4.78, 5) is 14.7. The van der Waals surface area contributed by atoms with Gasteiger partial charge in [-0.25, -0.2) is 0 Å². The fourth-order valence-electron chi connectivity index (χ4n) is 3.58. The lowest BCUT2D eigenvalue weighted by Gasteiger charge is -2.40. The molecule has 1 saturated heterocycles. The number of hydrogen-bond acceptors (Lipinski definition) is 7. The van der Waals surface area contributed by atoms with Gasteiger partial charge in [-0.05, 0) is 44.5 Å². The Labute approximate surface area is 167 Å². The molecule has 0 radical (unpaired) electrons. The van der Waals surface area contributed by atoms with Crippen LogP contribution < -0.4 is 10.6 Å². The van der Waals surface area contributed by atoms with Crippen LogP contribution in [0.5, 0.6) is 0 Å². The third-order valence-corrected chi connectivity index (χ3v) is 6.93. The van der Waals surface area contributed by atoms with E-state index in [1.54, 1.807) is 22.7 Å². The number of piperidine rings is 1. The third-order valence-electron chi connectivity index (χ3n) is 4.83. The molecule has 1 fully saturated rings. The standard InChI is InChI=1S/C17H22N4O2S2.ClH/c1-11-20-21-15(24-11)2-6-19-16(22)14-10-12-13(25-14)3-9-23-17(12)4-7-18-8-5-17;/h10,18H,2-9H2,1H3,(H,19,22);1H. The molecule has 142 valence electrons. The summed E-state index contributed by atoms with van der Waals surface area (Å²) in [5.74, 6) is 0.00437. The Balaban J connectivity index is 0.00000196. The quantitative estimate of drug-likeness (QED) is 0.803. The van der Waals surface area contributed by atoms with Crippen molar-refractivity contribution in [1.82, 2.24) is 20.8 Å². The first-order valence-electron chi connectivity index (χ1n) is 8.71. The average Bonchev–Trinajstić information content (AvgIpc) is 3.23. The van der Waals surface area contributed by atoms with Crippen molar-refractivity contribution in [2.75, 3.05) is 26.2 Å². The molecule has 4 heterocycles. The second-order valence-corrected chi connectivity index (χ2v) is 8.91. The SMILES string of the molecule is Cc1nnc(CCNC(=O)c2cc3c(s2)CCOC32CCNCC2)s1.Cl. The molecule has 2 aromatic rings. The van der Waals surface area contributed by atoms with E-state index >= 15 is 0 Å². The number of amides is 1. The molecule has 1 spiro atoms. The number of fused-ring (bicyclic) bond motifs is 2. The number of aryl methyl sites for hydroxylation is 1. The van der Waals surface area contributed by atoms with E-state index in [1.165, 1.54) is 10.4 Å². The number of carbonyl (C=O) groups is 1. The minimum atomic E-state index is -0.183. The third kappa shape index (κ3) is 3.94. The van der Waals surface area contributed by atoms with Gasteiger partial charge in [0.1, 0.15) is 10.0 Å². The molecular weight excluding hydrogens is 392 g/mol. The summed E-state index contributed by atoms with van der Waals surface area (Å²) in [6.45, 7) is 5.22. The van der Waals surface area contributed by atoms with Crippen molar-refractivity contribution in [3.63, 3.8) is 0 Å². The van der Waals surface area contributed by atoms with E-state index in [0.717, 1.165) is 60.3 Å². The maximum absolute atomic E-state index is 12.5. The van der Waals surface area contributed by atoms with Gasteiger partial charge < -0.3 is 15.4 Å². The lowest BCUT2D eigenvalue weighted by atomic mass is 9.83. The zero-order chi connectivity index (χ0) is 17.3. The van der Waals surface area contributed by atoms with Gasteiger partial charge in [0.2, 0.25) is 0 Å². The monoisotopic (exact) mass is 414 g/mol. The molecule has 0 atom stereocenters. The Morgan fingerprint density at radius 2 is 2.15 bits per heavy atom. The predicted octanol–water partition coefficient (Wildman–Crippen LogP) is 2.45. The number of carbonyl (C=O) groups excluding carboxylic acids is 1. The molecule has 2 N–H and O–H groups in total. The number of rotatable bonds is 4. The topological polar surface area (TPSA) is 76.1 Å². The van der Waals surface area contributed by atoms with E-state index < -0.39 is 0 Å². The summed E-state index contributed by atoms with van der Waals surface area (Å²) in [6.07, 6.45) is 3.59. The van der Waals surface area contributed by atoms with E-state index in [0.29, 0.717) is 6.54 Å². The molecule has 0 saturated carbocycles. The molecule has 4 rings (SSSR count). The number of thiophene rings is 1. The molecule has 6 nitrogen and oxygen atoms in total. The van der Waals surface area contributed by atoms with Crippen molar-refractivity contribution in [1.29, 1.82) is 0 Å². The van der Waals surface area contributed by atoms with Crippen LogP contribution in [0, 0.1) is 6.92 Å².